The SMILES string of the molecule is CC(=O)CC[C@@H]1CCC(=O)N1Cc1ccccc1. The van der Waals surface area contributed by atoms with Crippen molar-refractivity contribution in [3.8, 4) is 0 Å². The predicted octanol–water partition coefficient (Wildman–Crippen LogP) is 2.55. The van der Waals surface area contributed by atoms with E-state index in [0.717, 1.165) is 18.4 Å². The normalized spacial score (nSPS) is 19.3. The summed E-state index contributed by atoms with van der Waals surface area (Å²) in [6, 6.07) is 10.3. The van der Waals surface area contributed by atoms with Gasteiger partial charge in [0.25, 0.3) is 0 Å². The highest BCUT2D eigenvalue weighted by Gasteiger charge is 2.30. The van der Waals surface area contributed by atoms with Gasteiger partial charge in [0, 0.05) is 25.4 Å². The van der Waals surface area contributed by atoms with Crippen molar-refractivity contribution in [3.63, 3.8) is 0 Å². The first kappa shape index (κ1) is 12.8. The standard InChI is InChI=1S/C15H19NO2/c1-12(17)7-8-14-9-10-15(18)16(14)11-13-5-3-2-4-6-13/h2-6,14H,7-11H2,1H3/t14-/m1/s1. The van der Waals surface area contributed by atoms with Gasteiger partial charge in [0.2, 0.25) is 5.91 Å². The first-order valence-electron chi connectivity index (χ1n) is 6.49. The lowest BCUT2D eigenvalue weighted by atomic mass is 10.1. The Labute approximate surface area is 108 Å². The molecule has 96 valence electrons. The number of likely N-dealkylation sites (tertiary alicyclic amines) is 1. The number of hydrogen-bond donors (Lipinski definition) is 0. The van der Waals surface area contributed by atoms with Crippen LogP contribution < -0.4 is 0 Å². The van der Waals surface area contributed by atoms with Crippen molar-refractivity contribution in [1.82, 2.24) is 4.90 Å². The summed E-state index contributed by atoms with van der Waals surface area (Å²) in [5, 5.41) is 0. The van der Waals surface area contributed by atoms with Crippen LogP contribution in [0.25, 0.3) is 0 Å². The van der Waals surface area contributed by atoms with Gasteiger partial charge >= 0.3 is 0 Å². The van der Waals surface area contributed by atoms with Crippen LogP contribution in [0.5, 0.6) is 0 Å². The maximum Gasteiger partial charge on any atom is 0.223 e. The molecule has 3 nitrogen and oxygen atoms in total. The van der Waals surface area contributed by atoms with E-state index in [1.165, 1.54) is 0 Å². The van der Waals surface area contributed by atoms with Gasteiger partial charge in [0.15, 0.2) is 0 Å². The Morgan fingerprint density at radius 2 is 2.06 bits per heavy atom. The first-order chi connectivity index (χ1) is 8.66. The van der Waals surface area contributed by atoms with Crippen molar-refractivity contribution in [2.24, 2.45) is 0 Å². The zero-order valence-electron chi connectivity index (χ0n) is 10.8. The Hall–Kier alpha value is -1.64. The van der Waals surface area contributed by atoms with Crippen molar-refractivity contribution in [1.29, 1.82) is 0 Å². The number of carbonyl (C=O) groups is 2. The Balaban J connectivity index is 1.99. The number of carbonyl (C=O) groups excluding carboxylic acids is 2. The van der Waals surface area contributed by atoms with E-state index in [4.69, 9.17) is 0 Å². The second-order valence-corrected chi connectivity index (χ2v) is 4.94. The van der Waals surface area contributed by atoms with Gasteiger partial charge in [-0.05, 0) is 25.3 Å². The monoisotopic (exact) mass is 245 g/mol. The lowest BCUT2D eigenvalue weighted by molar-refractivity contribution is -0.130. The van der Waals surface area contributed by atoms with E-state index in [-0.39, 0.29) is 17.7 Å². The minimum Gasteiger partial charge on any atom is -0.335 e. The van der Waals surface area contributed by atoms with Crippen molar-refractivity contribution in [2.45, 2.75) is 45.2 Å². The molecule has 1 atom stereocenters. The Bertz CT molecular complexity index is 427. The molecule has 1 heterocycles. The van der Waals surface area contributed by atoms with E-state index in [9.17, 15) is 9.59 Å². The molecule has 1 saturated heterocycles. The number of nitrogens with zero attached hydrogens (tertiary/aromatic N) is 1. The van der Waals surface area contributed by atoms with Crippen LogP contribution in [0, 0.1) is 0 Å². The van der Waals surface area contributed by atoms with Crippen LogP contribution in [-0.2, 0) is 16.1 Å². The third-order valence-electron chi connectivity index (χ3n) is 3.48. The molecule has 0 N–H and O–H groups in total. The van der Waals surface area contributed by atoms with Gasteiger partial charge in [-0.1, -0.05) is 30.3 Å². The molecule has 1 aromatic rings. The van der Waals surface area contributed by atoms with Crippen LogP contribution in [0.1, 0.15) is 38.2 Å². The number of ketones is 1. The highest BCUT2D eigenvalue weighted by molar-refractivity contribution is 5.79. The van der Waals surface area contributed by atoms with Crippen molar-refractivity contribution in [2.75, 3.05) is 0 Å². The fourth-order valence-corrected chi connectivity index (χ4v) is 2.46. The molecule has 0 aromatic heterocycles. The average molecular weight is 245 g/mol. The lowest BCUT2D eigenvalue weighted by Crippen LogP contribution is -2.32. The Morgan fingerprint density at radius 1 is 1.33 bits per heavy atom. The fourth-order valence-electron chi connectivity index (χ4n) is 2.46. The van der Waals surface area contributed by atoms with Crippen LogP contribution in [-0.4, -0.2) is 22.6 Å². The van der Waals surface area contributed by atoms with E-state index in [0.29, 0.717) is 19.4 Å². The first-order valence-corrected chi connectivity index (χ1v) is 6.49. The van der Waals surface area contributed by atoms with Crippen molar-refractivity contribution in [3.05, 3.63) is 35.9 Å². The molecule has 2 rings (SSSR count). The summed E-state index contributed by atoms with van der Waals surface area (Å²) >= 11 is 0. The summed E-state index contributed by atoms with van der Waals surface area (Å²) in [7, 11) is 0. The highest BCUT2D eigenvalue weighted by atomic mass is 16.2. The third kappa shape index (κ3) is 3.19. The van der Waals surface area contributed by atoms with E-state index in [2.05, 4.69) is 0 Å². The number of Topliss-reactive ketones (excluding diaryl/α,β-unsaturated/α-hetero) is 1. The van der Waals surface area contributed by atoms with E-state index >= 15 is 0 Å². The van der Waals surface area contributed by atoms with Gasteiger partial charge in [-0.2, -0.15) is 0 Å². The number of rotatable bonds is 5. The molecular formula is C15H19NO2. The molecule has 1 aliphatic heterocycles. The fraction of sp³-hybridized carbons (Fsp3) is 0.467. The molecule has 1 aliphatic rings. The Kier molecular flexibility index (Phi) is 4.13. The van der Waals surface area contributed by atoms with Crippen LogP contribution in [0.3, 0.4) is 0 Å². The number of benzene rings is 1. The minimum atomic E-state index is 0.203. The molecular weight excluding hydrogens is 226 g/mol. The summed E-state index contributed by atoms with van der Waals surface area (Å²) in [6.45, 7) is 2.28. The van der Waals surface area contributed by atoms with E-state index < -0.39 is 0 Å². The third-order valence-corrected chi connectivity index (χ3v) is 3.48. The van der Waals surface area contributed by atoms with Gasteiger partial charge in [-0.3, -0.25) is 4.79 Å². The maximum atomic E-state index is 11.9. The minimum absolute atomic E-state index is 0.203. The molecule has 1 amide bonds. The maximum absolute atomic E-state index is 11.9. The van der Waals surface area contributed by atoms with Crippen molar-refractivity contribution < 1.29 is 9.59 Å². The molecule has 1 fully saturated rings. The largest absolute Gasteiger partial charge is 0.335 e. The lowest BCUT2D eigenvalue weighted by Gasteiger charge is -2.24. The van der Waals surface area contributed by atoms with Gasteiger partial charge < -0.3 is 9.69 Å². The zero-order valence-corrected chi connectivity index (χ0v) is 10.8. The van der Waals surface area contributed by atoms with Crippen LogP contribution in [0.4, 0.5) is 0 Å². The van der Waals surface area contributed by atoms with Crippen molar-refractivity contribution >= 4 is 11.7 Å². The molecule has 0 aliphatic carbocycles. The van der Waals surface area contributed by atoms with Gasteiger partial charge in [-0.15, -0.1) is 0 Å². The molecule has 1 aromatic carbocycles. The molecule has 0 radical (unpaired) electrons. The second-order valence-electron chi connectivity index (χ2n) is 4.94. The van der Waals surface area contributed by atoms with Crippen LogP contribution in [0.2, 0.25) is 0 Å². The highest BCUT2D eigenvalue weighted by Crippen LogP contribution is 2.24. The Morgan fingerprint density at radius 3 is 2.72 bits per heavy atom. The molecule has 18 heavy (non-hydrogen) atoms. The molecule has 0 saturated carbocycles. The van der Waals surface area contributed by atoms with E-state index in [1.807, 2.05) is 35.2 Å². The quantitative estimate of drug-likeness (QED) is 0.799. The summed E-state index contributed by atoms with van der Waals surface area (Å²) in [6.07, 6.45) is 2.88. The van der Waals surface area contributed by atoms with Gasteiger partial charge in [0.1, 0.15) is 5.78 Å². The summed E-state index contributed by atoms with van der Waals surface area (Å²) < 4.78 is 0. The predicted molar refractivity (Wildman–Crippen MR) is 69.9 cm³/mol. The average Bonchev–Trinajstić information content (AvgIpc) is 2.70. The molecule has 0 spiro atoms. The van der Waals surface area contributed by atoms with Gasteiger partial charge in [0.05, 0.1) is 0 Å². The van der Waals surface area contributed by atoms with Crippen LogP contribution in [0.15, 0.2) is 30.3 Å². The van der Waals surface area contributed by atoms with Gasteiger partial charge in [-0.25, -0.2) is 0 Å². The topological polar surface area (TPSA) is 37.4 Å². The summed E-state index contributed by atoms with van der Waals surface area (Å²) in [4.78, 5) is 24.8. The molecule has 3 heteroatoms. The zero-order chi connectivity index (χ0) is 13.0. The smallest absolute Gasteiger partial charge is 0.223 e. The summed E-state index contributed by atoms with van der Waals surface area (Å²) in [5.74, 6) is 0.418. The van der Waals surface area contributed by atoms with Crippen LogP contribution >= 0.6 is 0 Å². The van der Waals surface area contributed by atoms with E-state index in [1.54, 1.807) is 6.92 Å². The molecule has 0 bridgehead atoms. The second kappa shape index (κ2) is 5.80. The number of amides is 1. The summed E-state index contributed by atoms with van der Waals surface area (Å²) in [5.41, 5.74) is 1.15. The molecule has 0 unspecified atom stereocenters. The number of hydrogen-bond acceptors (Lipinski definition) is 2.